The number of aliphatic hydroxyl groups is 1. The molecule has 132 valence electrons. The molecule has 2 unspecified atom stereocenters. The largest absolute Gasteiger partial charge is 0.497 e. The van der Waals surface area contributed by atoms with Gasteiger partial charge in [0.1, 0.15) is 17.6 Å². The summed E-state index contributed by atoms with van der Waals surface area (Å²) in [5, 5.41) is 12.6. The second-order valence-electron chi connectivity index (χ2n) is 5.88. The van der Waals surface area contributed by atoms with Crippen molar-refractivity contribution in [2.24, 2.45) is 5.92 Å². The summed E-state index contributed by atoms with van der Waals surface area (Å²) in [4.78, 5) is 26.1. The van der Waals surface area contributed by atoms with Crippen LogP contribution in [0.1, 0.15) is 18.3 Å². The maximum Gasteiger partial charge on any atom is 0.227 e. The van der Waals surface area contributed by atoms with Crippen LogP contribution in [0.3, 0.4) is 0 Å². The Hall–Kier alpha value is -2.80. The van der Waals surface area contributed by atoms with Crippen LogP contribution in [-0.4, -0.2) is 37.1 Å². The molecule has 7 nitrogen and oxygen atoms in total. The van der Waals surface area contributed by atoms with Crippen molar-refractivity contribution < 1.29 is 23.8 Å². The van der Waals surface area contributed by atoms with Gasteiger partial charge in [-0.3, -0.25) is 9.59 Å². The lowest BCUT2D eigenvalue weighted by atomic mass is 10.1. The number of ether oxygens (including phenoxy) is 1. The number of nitrogens with one attached hydrogen (secondary N) is 1. The molecular weight excluding hydrogens is 324 g/mol. The lowest BCUT2D eigenvalue weighted by Crippen LogP contribution is -2.35. The van der Waals surface area contributed by atoms with Gasteiger partial charge in [-0.15, -0.1) is 0 Å². The van der Waals surface area contributed by atoms with Crippen molar-refractivity contribution >= 4 is 17.5 Å². The maximum atomic E-state index is 12.3. The van der Waals surface area contributed by atoms with Crippen molar-refractivity contribution in [3.63, 3.8) is 0 Å². The Balaban J connectivity index is 1.56. The first kappa shape index (κ1) is 17.0. The van der Waals surface area contributed by atoms with Crippen LogP contribution in [0.15, 0.2) is 47.1 Å². The zero-order chi connectivity index (χ0) is 17.8. The van der Waals surface area contributed by atoms with Gasteiger partial charge in [0, 0.05) is 18.7 Å². The number of furan rings is 1. The average molecular weight is 344 g/mol. The van der Waals surface area contributed by atoms with Crippen molar-refractivity contribution in [3.8, 4) is 5.75 Å². The van der Waals surface area contributed by atoms with Gasteiger partial charge in [-0.1, -0.05) is 0 Å². The standard InChI is InChI=1S/C18H20N2O5/c1-24-14-6-4-13(5-7-14)20-11-12(9-17(20)22)18(23)19-10-15(21)16-3-2-8-25-16/h2-8,12,15,21H,9-11H2,1H3,(H,19,23). The molecule has 0 spiro atoms. The molecule has 3 rings (SSSR count). The zero-order valence-corrected chi connectivity index (χ0v) is 13.8. The Bertz CT molecular complexity index is 726. The van der Waals surface area contributed by atoms with Crippen LogP contribution < -0.4 is 15.0 Å². The molecule has 2 heterocycles. The van der Waals surface area contributed by atoms with Gasteiger partial charge < -0.3 is 24.5 Å². The number of hydrogen-bond acceptors (Lipinski definition) is 5. The van der Waals surface area contributed by atoms with E-state index in [1.165, 1.54) is 6.26 Å². The van der Waals surface area contributed by atoms with E-state index < -0.39 is 12.0 Å². The highest BCUT2D eigenvalue weighted by Crippen LogP contribution is 2.27. The van der Waals surface area contributed by atoms with Crippen LogP contribution in [0, 0.1) is 5.92 Å². The quantitative estimate of drug-likeness (QED) is 0.828. The number of amides is 2. The summed E-state index contributed by atoms with van der Waals surface area (Å²) in [7, 11) is 1.58. The first-order valence-electron chi connectivity index (χ1n) is 8.02. The molecule has 2 atom stereocenters. The van der Waals surface area contributed by atoms with E-state index in [9.17, 15) is 14.7 Å². The van der Waals surface area contributed by atoms with Gasteiger partial charge in [0.15, 0.2) is 0 Å². The SMILES string of the molecule is COc1ccc(N2CC(C(=O)NCC(O)c3ccco3)CC2=O)cc1. The second kappa shape index (κ2) is 7.40. The molecule has 1 aliphatic heterocycles. The summed E-state index contributed by atoms with van der Waals surface area (Å²) in [6.07, 6.45) is 0.700. The Labute approximate surface area is 145 Å². The van der Waals surface area contributed by atoms with Crippen molar-refractivity contribution in [1.29, 1.82) is 0 Å². The molecule has 0 bridgehead atoms. The molecule has 2 amide bonds. The van der Waals surface area contributed by atoms with E-state index in [-0.39, 0.29) is 24.8 Å². The summed E-state index contributed by atoms with van der Waals surface area (Å²) in [5.41, 5.74) is 0.733. The predicted molar refractivity (Wildman–Crippen MR) is 90.1 cm³/mol. The van der Waals surface area contributed by atoms with Crippen molar-refractivity contribution in [2.45, 2.75) is 12.5 Å². The Morgan fingerprint density at radius 2 is 2.16 bits per heavy atom. The smallest absolute Gasteiger partial charge is 0.227 e. The highest BCUT2D eigenvalue weighted by molar-refractivity contribution is 6.00. The summed E-state index contributed by atoms with van der Waals surface area (Å²) in [6.45, 7) is 0.355. The number of hydrogen-bond donors (Lipinski definition) is 2. The molecular formula is C18H20N2O5. The van der Waals surface area contributed by atoms with Gasteiger partial charge in [-0.2, -0.15) is 0 Å². The van der Waals surface area contributed by atoms with Gasteiger partial charge >= 0.3 is 0 Å². The Kier molecular flexibility index (Phi) is 5.04. The third-order valence-electron chi connectivity index (χ3n) is 4.22. The molecule has 0 saturated carbocycles. The van der Waals surface area contributed by atoms with E-state index in [4.69, 9.17) is 9.15 Å². The fourth-order valence-electron chi connectivity index (χ4n) is 2.82. The number of carbonyl (C=O) groups is 2. The van der Waals surface area contributed by atoms with Crippen molar-refractivity contribution in [2.75, 3.05) is 25.1 Å². The third kappa shape index (κ3) is 3.83. The molecule has 2 N–H and O–H groups in total. The first-order chi connectivity index (χ1) is 12.1. The molecule has 0 aliphatic carbocycles. The highest BCUT2D eigenvalue weighted by atomic mass is 16.5. The van der Waals surface area contributed by atoms with Crippen LogP contribution in [0.4, 0.5) is 5.69 Å². The van der Waals surface area contributed by atoms with E-state index >= 15 is 0 Å². The van der Waals surface area contributed by atoms with Crippen molar-refractivity contribution in [3.05, 3.63) is 48.4 Å². The minimum absolute atomic E-state index is 0.0412. The summed E-state index contributed by atoms with van der Waals surface area (Å²) >= 11 is 0. The summed E-state index contributed by atoms with van der Waals surface area (Å²) in [5.74, 6) is 0.296. The normalized spacial score (nSPS) is 18.2. The Morgan fingerprint density at radius 3 is 2.80 bits per heavy atom. The monoisotopic (exact) mass is 344 g/mol. The number of anilines is 1. The van der Waals surface area contributed by atoms with E-state index in [0.29, 0.717) is 18.1 Å². The number of methoxy groups -OCH3 is 1. The van der Waals surface area contributed by atoms with Crippen LogP contribution in [0.5, 0.6) is 5.75 Å². The minimum atomic E-state index is -0.909. The van der Waals surface area contributed by atoms with Gasteiger partial charge in [-0.05, 0) is 36.4 Å². The molecule has 1 aromatic carbocycles. The summed E-state index contributed by atoms with van der Waals surface area (Å²) in [6, 6.07) is 10.4. The van der Waals surface area contributed by atoms with Crippen LogP contribution in [0.25, 0.3) is 0 Å². The third-order valence-corrected chi connectivity index (χ3v) is 4.22. The fraction of sp³-hybridized carbons (Fsp3) is 0.333. The number of nitrogens with zero attached hydrogens (tertiary/aromatic N) is 1. The molecule has 1 fully saturated rings. The predicted octanol–water partition coefficient (Wildman–Crippen LogP) is 1.49. The molecule has 1 aromatic heterocycles. The number of carbonyl (C=O) groups excluding carboxylic acids is 2. The lowest BCUT2D eigenvalue weighted by Gasteiger charge is -2.17. The maximum absolute atomic E-state index is 12.3. The van der Waals surface area contributed by atoms with Gasteiger partial charge in [0.2, 0.25) is 11.8 Å². The van der Waals surface area contributed by atoms with Crippen LogP contribution in [0.2, 0.25) is 0 Å². The molecule has 2 aromatic rings. The topological polar surface area (TPSA) is 92.0 Å². The van der Waals surface area contributed by atoms with Gasteiger partial charge in [0.05, 0.1) is 25.8 Å². The van der Waals surface area contributed by atoms with E-state index in [0.717, 1.165) is 5.69 Å². The van der Waals surface area contributed by atoms with Gasteiger partial charge in [0.25, 0.3) is 0 Å². The molecule has 1 saturated heterocycles. The highest BCUT2D eigenvalue weighted by Gasteiger charge is 2.35. The summed E-state index contributed by atoms with van der Waals surface area (Å²) < 4.78 is 10.2. The number of rotatable bonds is 6. The minimum Gasteiger partial charge on any atom is -0.497 e. The van der Waals surface area contributed by atoms with E-state index in [1.54, 1.807) is 48.4 Å². The molecule has 1 aliphatic rings. The zero-order valence-electron chi connectivity index (χ0n) is 13.8. The van der Waals surface area contributed by atoms with Crippen molar-refractivity contribution in [1.82, 2.24) is 5.32 Å². The molecule has 25 heavy (non-hydrogen) atoms. The van der Waals surface area contributed by atoms with E-state index in [2.05, 4.69) is 5.32 Å². The number of benzene rings is 1. The number of aliphatic hydroxyl groups excluding tert-OH is 1. The van der Waals surface area contributed by atoms with Crippen LogP contribution in [-0.2, 0) is 9.59 Å². The average Bonchev–Trinajstić information content (AvgIpc) is 3.29. The fourth-order valence-corrected chi connectivity index (χ4v) is 2.82. The molecule has 7 heteroatoms. The van der Waals surface area contributed by atoms with Gasteiger partial charge in [-0.25, -0.2) is 0 Å². The molecule has 0 radical (unpaired) electrons. The second-order valence-corrected chi connectivity index (χ2v) is 5.88. The van der Waals surface area contributed by atoms with Crippen LogP contribution >= 0.6 is 0 Å². The lowest BCUT2D eigenvalue weighted by molar-refractivity contribution is -0.126. The Morgan fingerprint density at radius 1 is 1.40 bits per heavy atom. The first-order valence-corrected chi connectivity index (χ1v) is 8.02. The van der Waals surface area contributed by atoms with E-state index in [1.807, 2.05) is 0 Å².